The number of pyridine rings is 1. The highest BCUT2D eigenvalue weighted by molar-refractivity contribution is 7.89. The molecule has 1 amide bonds. The molecular weight excluding hydrogens is 330 g/mol. The van der Waals surface area contributed by atoms with Gasteiger partial charge < -0.3 is 4.90 Å². The third kappa shape index (κ3) is 3.31. The average Bonchev–Trinajstić information content (AvgIpc) is 2.88. The Labute approximate surface area is 140 Å². The van der Waals surface area contributed by atoms with Crippen molar-refractivity contribution in [1.82, 2.24) is 24.0 Å². The van der Waals surface area contributed by atoms with E-state index in [1.54, 1.807) is 30.3 Å². The van der Waals surface area contributed by atoms with Crippen LogP contribution in [0.1, 0.15) is 16.8 Å². The molecule has 0 saturated carbocycles. The number of sulfonamides is 1. The van der Waals surface area contributed by atoms with Gasteiger partial charge in [0, 0.05) is 51.8 Å². The zero-order chi connectivity index (χ0) is 17.2. The minimum absolute atomic E-state index is 0.122. The van der Waals surface area contributed by atoms with Crippen LogP contribution in [0.2, 0.25) is 0 Å². The van der Waals surface area contributed by atoms with Gasteiger partial charge in [-0.1, -0.05) is 0 Å². The van der Waals surface area contributed by atoms with Crippen molar-refractivity contribution in [3.8, 4) is 0 Å². The summed E-state index contributed by atoms with van der Waals surface area (Å²) in [7, 11) is -1.90. The van der Waals surface area contributed by atoms with Crippen LogP contribution in [0.4, 0.5) is 0 Å². The van der Waals surface area contributed by atoms with Gasteiger partial charge in [0.05, 0.1) is 11.8 Å². The van der Waals surface area contributed by atoms with Crippen LogP contribution < -0.4 is 0 Å². The van der Waals surface area contributed by atoms with Crippen molar-refractivity contribution in [1.29, 1.82) is 0 Å². The largest absolute Gasteiger partial charge is 0.337 e. The molecule has 0 spiro atoms. The number of amides is 1. The Hall–Kier alpha value is -2.26. The van der Waals surface area contributed by atoms with Crippen LogP contribution in [0.5, 0.6) is 0 Å². The Balaban J connectivity index is 1.72. The molecule has 1 aliphatic rings. The molecule has 0 aromatic carbocycles. The van der Waals surface area contributed by atoms with E-state index in [2.05, 4.69) is 10.1 Å². The predicted octanol–water partition coefficient (Wildman–Crippen LogP) is 0.352. The summed E-state index contributed by atoms with van der Waals surface area (Å²) in [6.45, 7) is 1.53. The smallest absolute Gasteiger partial charge is 0.255 e. The molecule has 1 fully saturated rings. The number of aryl methyl sites for hydroxylation is 1. The SMILES string of the molecule is Cn1cc(S(=O)(=O)N2CCCN(C(=O)c3cccnc3)CC2)cn1. The molecule has 0 aliphatic carbocycles. The lowest BCUT2D eigenvalue weighted by atomic mass is 10.2. The Morgan fingerprint density at radius 3 is 2.67 bits per heavy atom. The minimum Gasteiger partial charge on any atom is -0.337 e. The lowest BCUT2D eigenvalue weighted by Gasteiger charge is -2.21. The number of carbonyl (C=O) groups is 1. The summed E-state index contributed by atoms with van der Waals surface area (Å²) in [6, 6.07) is 3.43. The van der Waals surface area contributed by atoms with Gasteiger partial charge in [0.15, 0.2) is 0 Å². The summed E-state index contributed by atoms with van der Waals surface area (Å²) in [4.78, 5) is 18.3. The number of hydrogen-bond acceptors (Lipinski definition) is 5. The Morgan fingerprint density at radius 1 is 1.17 bits per heavy atom. The molecule has 0 atom stereocenters. The highest BCUT2D eigenvalue weighted by atomic mass is 32.2. The molecule has 0 bridgehead atoms. The van der Waals surface area contributed by atoms with Crippen molar-refractivity contribution in [3.63, 3.8) is 0 Å². The molecule has 24 heavy (non-hydrogen) atoms. The molecule has 128 valence electrons. The molecule has 0 radical (unpaired) electrons. The van der Waals surface area contributed by atoms with E-state index in [9.17, 15) is 13.2 Å². The first-order valence-corrected chi connectivity index (χ1v) is 9.10. The molecule has 3 heterocycles. The number of carbonyl (C=O) groups excluding carboxylic acids is 1. The Bertz CT molecular complexity index is 819. The number of aromatic nitrogens is 3. The lowest BCUT2D eigenvalue weighted by Crippen LogP contribution is -2.37. The van der Waals surface area contributed by atoms with Crippen LogP contribution in [0, 0.1) is 0 Å². The second-order valence-corrected chi connectivity index (χ2v) is 7.58. The highest BCUT2D eigenvalue weighted by Gasteiger charge is 2.29. The summed E-state index contributed by atoms with van der Waals surface area (Å²) < 4.78 is 28.2. The maximum absolute atomic E-state index is 12.7. The summed E-state index contributed by atoms with van der Waals surface area (Å²) in [5.74, 6) is -0.122. The van der Waals surface area contributed by atoms with Crippen LogP contribution >= 0.6 is 0 Å². The summed E-state index contributed by atoms with van der Waals surface area (Å²) in [5, 5.41) is 3.92. The van der Waals surface area contributed by atoms with Crippen molar-refractivity contribution in [3.05, 3.63) is 42.5 Å². The summed E-state index contributed by atoms with van der Waals surface area (Å²) in [6.07, 6.45) is 6.56. The predicted molar refractivity (Wildman–Crippen MR) is 86.7 cm³/mol. The molecule has 2 aromatic rings. The van der Waals surface area contributed by atoms with Crippen molar-refractivity contribution in [2.75, 3.05) is 26.2 Å². The van der Waals surface area contributed by atoms with E-state index in [0.29, 0.717) is 31.6 Å². The van der Waals surface area contributed by atoms with E-state index in [1.165, 1.54) is 27.6 Å². The first kappa shape index (κ1) is 16.6. The van der Waals surface area contributed by atoms with Crippen molar-refractivity contribution in [2.45, 2.75) is 11.3 Å². The van der Waals surface area contributed by atoms with Crippen LogP contribution in [0.15, 0.2) is 41.8 Å². The van der Waals surface area contributed by atoms with Gasteiger partial charge in [0.2, 0.25) is 10.0 Å². The molecule has 0 unspecified atom stereocenters. The molecular formula is C15H19N5O3S. The minimum atomic E-state index is -3.58. The lowest BCUT2D eigenvalue weighted by molar-refractivity contribution is 0.0764. The van der Waals surface area contributed by atoms with Crippen LogP contribution in [0.3, 0.4) is 0 Å². The molecule has 9 heteroatoms. The van der Waals surface area contributed by atoms with Crippen LogP contribution in [-0.4, -0.2) is 64.5 Å². The first-order valence-electron chi connectivity index (χ1n) is 7.66. The van der Waals surface area contributed by atoms with E-state index in [-0.39, 0.29) is 17.3 Å². The second-order valence-electron chi connectivity index (χ2n) is 5.64. The monoisotopic (exact) mass is 349 g/mol. The molecule has 1 aliphatic heterocycles. The second kappa shape index (κ2) is 6.70. The number of hydrogen-bond donors (Lipinski definition) is 0. The van der Waals surface area contributed by atoms with Gasteiger partial charge in [-0.3, -0.25) is 14.5 Å². The van der Waals surface area contributed by atoms with Gasteiger partial charge in [-0.15, -0.1) is 0 Å². The van der Waals surface area contributed by atoms with Crippen molar-refractivity contribution >= 4 is 15.9 Å². The topological polar surface area (TPSA) is 88.4 Å². The van der Waals surface area contributed by atoms with Crippen LogP contribution in [-0.2, 0) is 17.1 Å². The fraction of sp³-hybridized carbons (Fsp3) is 0.400. The van der Waals surface area contributed by atoms with Gasteiger partial charge in [0.25, 0.3) is 5.91 Å². The van der Waals surface area contributed by atoms with E-state index in [0.717, 1.165) is 0 Å². The number of nitrogens with zero attached hydrogens (tertiary/aromatic N) is 5. The molecule has 8 nitrogen and oxygen atoms in total. The van der Waals surface area contributed by atoms with E-state index < -0.39 is 10.0 Å². The summed E-state index contributed by atoms with van der Waals surface area (Å²) >= 11 is 0. The fourth-order valence-electron chi connectivity index (χ4n) is 2.69. The zero-order valence-corrected chi connectivity index (χ0v) is 14.2. The molecule has 3 rings (SSSR count). The van der Waals surface area contributed by atoms with E-state index >= 15 is 0 Å². The molecule has 0 N–H and O–H groups in total. The Kier molecular flexibility index (Phi) is 4.63. The molecule has 1 saturated heterocycles. The normalized spacial score (nSPS) is 16.8. The quantitative estimate of drug-likeness (QED) is 0.798. The number of rotatable bonds is 3. The Morgan fingerprint density at radius 2 is 2.00 bits per heavy atom. The van der Waals surface area contributed by atoms with Gasteiger partial charge in [-0.25, -0.2) is 8.42 Å². The standard InChI is InChI=1S/C15H19N5O3S/c1-18-12-14(11-17-18)24(22,23)20-7-3-6-19(8-9-20)15(21)13-4-2-5-16-10-13/h2,4-5,10-12H,3,6-9H2,1H3. The third-order valence-electron chi connectivity index (χ3n) is 3.97. The van der Waals surface area contributed by atoms with Crippen molar-refractivity contribution in [2.24, 2.45) is 7.05 Å². The maximum Gasteiger partial charge on any atom is 0.255 e. The van der Waals surface area contributed by atoms with Gasteiger partial charge in [-0.2, -0.15) is 9.40 Å². The first-order chi connectivity index (χ1) is 11.5. The van der Waals surface area contributed by atoms with Crippen molar-refractivity contribution < 1.29 is 13.2 Å². The zero-order valence-electron chi connectivity index (χ0n) is 13.4. The average molecular weight is 349 g/mol. The van der Waals surface area contributed by atoms with Gasteiger partial charge >= 0.3 is 0 Å². The third-order valence-corrected chi connectivity index (χ3v) is 5.82. The fourth-order valence-corrected chi connectivity index (χ4v) is 4.15. The van der Waals surface area contributed by atoms with E-state index in [4.69, 9.17) is 0 Å². The molecule has 2 aromatic heterocycles. The van der Waals surface area contributed by atoms with Crippen LogP contribution in [0.25, 0.3) is 0 Å². The van der Waals surface area contributed by atoms with E-state index in [1.807, 2.05) is 0 Å². The van der Waals surface area contributed by atoms with Gasteiger partial charge in [0.1, 0.15) is 4.90 Å². The highest BCUT2D eigenvalue weighted by Crippen LogP contribution is 2.17. The van der Waals surface area contributed by atoms with Gasteiger partial charge in [-0.05, 0) is 18.6 Å². The summed E-state index contributed by atoms with van der Waals surface area (Å²) in [5.41, 5.74) is 0.515. The maximum atomic E-state index is 12.7.